The maximum atomic E-state index is 10.2. The van der Waals surface area contributed by atoms with Gasteiger partial charge in [0.25, 0.3) is 0 Å². The lowest BCUT2D eigenvalue weighted by molar-refractivity contribution is 0.419. The lowest BCUT2D eigenvalue weighted by Crippen LogP contribution is -1.92. The van der Waals surface area contributed by atoms with Crippen molar-refractivity contribution in [1.82, 2.24) is 4.57 Å². The van der Waals surface area contributed by atoms with Crippen molar-refractivity contribution in [1.29, 1.82) is 0 Å². The topological polar surface area (TPSA) is 37.5 Å². The third kappa shape index (κ3) is 2.03. The van der Waals surface area contributed by atoms with Gasteiger partial charge in [-0.25, -0.2) is 0 Å². The maximum Gasteiger partial charge on any atom is 0.210 e. The lowest BCUT2D eigenvalue weighted by Gasteiger charge is -2.02. The van der Waals surface area contributed by atoms with Crippen LogP contribution in [0.1, 0.15) is 24.3 Å². The molecule has 0 aliphatic carbocycles. The number of hydrogen-bond acceptors (Lipinski definition) is 4. The van der Waals surface area contributed by atoms with E-state index in [2.05, 4.69) is 4.99 Å². The van der Waals surface area contributed by atoms with Crippen LogP contribution in [0.15, 0.2) is 29.3 Å². The molecule has 1 aromatic carbocycles. The summed E-state index contributed by atoms with van der Waals surface area (Å²) in [5.74, 6) is 0.243. The van der Waals surface area contributed by atoms with Crippen LogP contribution in [0.4, 0.5) is 5.69 Å². The average Bonchev–Trinajstić information content (AvgIpc) is 2.88. The first-order valence-corrected chi connectivity index (χ1v) is 7.63. The van der Waals surface area contributed by atoms with Crippen LogP contribution in [-0.2, 0) is 6.54 Å². The molecule has 1 N–H and O–H groups in total. The average molecular weight is 302 g/mol. The molecule has 0 amide bonds. The Balaban J connectivity index is 2.15. The highest BCUT2D eigenvalue weighted by atomic mass is 32.1. The Morgan fingerprint density at radius 3 is 2.85 bits per heavy atom. The molecule has 0 spiro atoms. The van der Waals surface area contributed by atoms with Gasteiger partial charge in [0.1, 0.15) is 0 Å². The second-order valence-electron chi connectivity index (χ2n) is 4.57. The quantitative estimate of drug-likeness (QED) is 0.820. The number of allylic oxidation sites excluding steroid dienone is 1. The lowest BCUT2D eigenvalue weighted by atomic mass is 10.0. The first-order chi connectivity index (χ1) is 9.61. The SMILES string of the molecule is CCn1c(O)c(/C=C2\C(C)=Nc3ccccc32)sc1=S. The maximum absolute atomic E-state index is 10.2. The molecule has 0 radical (unpaired) electrons. The number of aromatic nitrogens is 1. The van der Waals surface area contributed by atoms with E-state index in [0.717, 1.165) is 27.4 Å². The Morgan fingerprint density at radius 1 is 1.40 bits per heavy atom. The summed E-state index contributed by atoms with van der Waals surface area (Å²) in [6.07, 6.45) is 1.98. The van der Waals surface area contributed by atoms with Crippen LogP contribution < -0.4 is 0 Å². The highest BCUT2D eigenvalue weighted by molar-refractivity contribution is 7.73. The standard InChI is InChI=1S/C15H14N2OS2/c1-3-17-14(18)13(20-15(17)19)8-11-9(2)16-12-7-5-4-6-10(11)12/h4-8,18H,3H2,1-2H3/b11-8+. The number of nitrogens with zero attached hydrogens (tertiary/aromatic N) is 2. The summed E-state index contributed by atoms with van der Waals surface area (Å²) in [6, 6.07) is 8.03. The molecule has 5 heteroatoms. The predicted octanol–water partition coefficient (Wildman–Crippen LogP) is 4.65. The Hall–Kier alpha value is -1.72. The van der Waals surface area contributed by atoms with Crippen LogP contribution in [0.3, 0.4) is 0 Å². The van der Waals surface area contributed by atoms with E-state index < -0.39 is 0 Å². The summed E-state index contributed by atoms with van der Waals surface area (Å²) >= 11 is 6.70. The molecule has 0 saturated carbocycles. The van der Waals surface area contributed by atoms with E-state index in [1.165, 1.54) is 11.3 Å². The van der Waals surface area contributed by atoms with Gasteiger partial charge in [-0.2, -0.15) is 0 Å². The van der Waals surface area contributed by atoms with Gasteiger partial charge in [-0.3, -0.25) is 9.56 Å². The van der Waals surface area contributed by atoms with Gasteiger partial charge in [-0.1, -0.05) is 18.2 Å². The fraction of sp³-hybridized carbons (Fsp3) is 0.200. The number of hydrogen-bond donors (Lipinski definition) is 1. The Labute approximate surface area is 126 Å². The van der Waals surface area contributed by atoms with Crippen molar-refractivity contribution in [2.75, 3.05) is 0 Å². The van der Waals surface area contributed by atoms with Gasteiger partial charge in [0, 0.05) is 23.4 Å². The molecule has 2 aromatic rings. The summed E-state index contributed by atoms with van der Waals surface area (Å²) in [5.41, 5.74) is 4.10. The molecule has 3 nitrogen and oxygen atoms in total. The highest BCUT2D eigenvalue weighted by Crippen LogP contribution is 2.38. The Kier molecular flexibility index (Phi) is 3.31. The van der Waals surface area contributed by atoms with E-state index in [4.69, 9.17) is 12.2 Å². The molecule has 1 aromatic heterocycles. The van der Waals surface area contributed by atoms with Crippen LogP contribution in [0, 0.1) is 3.95 Å². The smallest absolute Gasteiger partial charge is 0.210 e. The Bertz CT molecular complexity index is 796. The Morgan fingerprint density at radius 2 is 2.15 bits per heavy atom. The van der Waals surface area contributed by atoms with Gasteiger partial charge < -0.3 is 5.11 Å². The van der Waals surface area contributed by atoms with Crippen molar-refractivity contribution < 1.29 is 5.11 Å². The predicted molar refractivity (Wildman–Crippen MR) is 87.6 cm³/mol. The molecule has 0 saturated heterocycles. The molecule has 3 rings (SSSR count). The summed E-state index contributed by atoms with van der Waals surface area (Å²) in [5, 5.41) is 10.2. The second-order valence-corrected chi connectivity index (χ2v) is 6.25. The molecule has 0 unspecified atom stereocenters. The fourth-order valence-electron chi connectivity index (χ4n) is 2.34. The van der Waals surface area contributed by atoms with Crippen molar-refractivity contribution in [2.45, 2.75) is 20.4 Å². The van der Waals surface area contributed by atoms with E-state index in [9.17, 15) is 5.11 Å². The minimum Gasteiger partial charge on any atom is -0.493 e. The molecule has 20 heavy (non-hydrogen) atoms. The summed E-state index contributed by atoms with van der Waals surface area (Å²) in [6.45, 7) is 4.63. The molecule has 2 heterocycles. The molecule has 102 valence electrons. The molecule has 0 bridgehead atoms. The highest BCUT2D eigenvalue weighted by Gasteiger charge is 2.18. The number of para-hydroxylation sites is 1. The van der Waals surface area contributed by atoms with Gasteiger partial charge in [-0.15, -0.1) is 11.3 Å². The van der Waals surface area contributed by atoms with Crippen molar-refractivity contribution in [3.8, 4) is 5.88 Å². The van der Waals surface area contributed by atoms with Crippen LogP contribution in [0.25, 0.3) is 11.6 Å². The zero-order valence-electron chi connectivity index (χ0n) is 11.3. The fourth-order valence-corrected chi connectivity index (χ4v) is 3.71. The van der Waals surface area contributed by atoms with Gasteiger partial charge in [0.2, 0.25) is 5.88 Å². The first-order valence-electron chi connectivity index (χ1n) is 6.41. The van der Waals surface area contributed by atoms with E-state index in [-0.39, 0.29) is 5.88 Å². The first kappa shape index (κ1) is 13.3. The van der Waals surface area contributed by atoms with E-state index in [1.807, 2.05) is 44.2 Å². The van der Waals surface area contributed by atoms with Crippen LogP contribution in [-0.4, -0.2) is 15.4 Å². The van der Waals surface area contributed by atoms with Crippen molar-refractivity contribution in [3.05, 3.63) is 38.7 Å². The zero-order valence-corrected chi connectivity index (χ0v) is 12.9. The van der Waals surface area contributed by atoms with E-state index >= 15 is 0 Å². The largest absolute Gasteiger partial charge is 0.493 e. The summed E-state index contributed by atoms with van der Waals surface area (Å²) in [7, 11) is 0. The molecule has 1 aliphatic rings. The zero-order chi connectivity index (χ0) is 14.3. The summed E-state index contributed by atoms with van der Waals surface area (Å²) < 4.78 is 2.43. The van der Waals surface area contributed by atoms with E-state index in [0.29, 0.717) is 10.5 Å². The molecule has 0 atom stereocenters. The number of aromatic hydroxyl groups is 1. The monoisotopic (exact) mass is 302 g/mol. The molecule has 1 aliphatic heterocycles. The van der Waals surface area contributed by atoms with Crippen molar-refractivity contribution in [2.24, 2.45) is 4.99 Å². The minimum atomic E-state index is 0.243. The van der Waals surface area contributed by atoms with Crippen molar-refractivity contribution >= 4 is 46.6 Å². The van der Waals surface area contributed by atoms with Crippen LogP contribution in [0.2, 0.25) is 0 Å². The van der Waals surface area contributed by atoms with Gasteiger partial charge >= 0.3 is 0 Å². The number of rotatable bonds is 2. The normalized spacial score (nSPS) is 15.5. The molecule has 0 fully saturated rings. The van der Waals surface area contributed by atoms with Crippen molar-refractivity contribution in [3.63, 3.8) is 0 Å². The minimum absolute atomic E-state index is 0.243. The third-order valence-electron chi connectivity index (χ3n) is 3.36. The number of benzene rings is 1. The second kappa shape index (κ2) is 5.00. The van der Waals surface area contributed by atoms with E-state index in [1.54, 1.807) is 4.57 Å². The number of thiazole rings is 1. The third-order valence-corrected chi connectivity index (χ3v) is 4.74. The number of aliphatic imine (C=N–C) groups is 1. The summed E-state index contributed by atoms with van der Waals surface area (Å²) in [4.78, 5) is 5.34. The van der Waals surface area contributed by atoms with Gasteiger partial charge in [0.15, 0.2) is 3.95 Å². The van der Waals surface area contributed by atoms with Gasteiger partial charge in [0.05, 0.1) is 10.6 Å². The molecular weight excluding hydrogens is 288 g/mol. The number of fused-ring (bicyclic) bond motifs is 1. The molecular formula is C15H14N2OS2. The van der Waals surface area contributed by atoms with Gasteiger partial charge in [-0.05, 0) is 38.2 Å². The van der Waals surface area contributed by atoms with Crippen LogP contribution in [0.5, 0.6) is 5.88 Å². The van der Waals surface area contributed by atoms with Crippen LogP contribution >= 0.6 is 23.6 Å².